The molecule has 3 heteroatoms. The first-order valence-electron chi connectivity index (χ1n) is 8.02. The van der Waals surface area contributed by atoms with Crippen LogP contribution < -0.4 is 0 Å². The van der Waals surface area contributed by atoms with E-state index >= 15 is 0 Å². The van der Waals surface area contributed by atoms with Crippen molar-refractivity contribution in [2.24, 2.45) is 0 Å². The number of rotatable bonds is 5. The van der Waals surface area contributed by atoms with E-state index in [4.69, 9.17) is 9.47 Å². The Morgan fingerprint density at radius 1 is 1.09 bits per heavy atom. The zero-order chi connectivity index (χ0) is 16.1. The molecular formula is C20H22O3. The minimum atomic E-state index is -0.190. The van der Waals surface area contributed by atoms with Crippen LogP contribution in [0.3, 0.4) is 0 Å². The first-order chi connectivity index (χ1) is 11.2. The molecule has 2 atom stereocenters. The lowest BCUT2D eigenvalue weighted by molar-refractivity contribution is -0.162. The van der Waals surface area contributed by atoms with Gasteiger partial charge in [0.15, 0.2) is 0 Å². The summed E-state index contributed by atoms with van der Waals surface area (Å²) in [6, 6.07) is 20.2. The van der Waals surface area contributed by atoms with Crippen LogP contribution in [0.5, 0.6) is 0 Å². The fourth-order valence-corrected chi connectivity index (χ4v) is 3.20. The average molecular weight is 310 g/mol. The van der Waals surface area contributed by atoms with Crippen LogP contribution in [0.2, 0.25) is 0 Å². The van der Waals surface area contributed by atoms with Crippen LogP contribution in [0.25, 0.3) is 0 Å². The fourth-order valence-electron chi connectivity index (χ4n) is 3.20. The van der Waals surface area contributed by atoms with E-state index in [-0.39, 0.29) is 17.5 Å². The van der Waals surface area contributed by atoms with Gasteiger partial charge in [0.05, 0.1) is 19.6 Å². The molecule has 0 radical (unpaired) electrons. The maximum absolute atomic E-state index is 12.0. The van der Waals surface area contributed by atoms with Crippen molar-refractivity contribution >= 4 is 5.97 Å². The van der Waals surface area contributed by atoms with Crippen molar-refractivity contribution in [3.63, 3.8) is 0 Å². The lowest BCUT2D eigenvalue weighted by Gasteiger charge is -2.37. The number of benzene rings is 2. The fraction of sp³-hybridized carbons (Fsp3) is 0.350. The van der Waals surface area contributed by atoms with Gasteiger partial charge in [0, 0.05) is 5.41 Å². The second-order valence-corrected chi connectivity index (χ2v) is 6.42. The van der Waals surface area contributed by atoms with Gasteiger partial charge in [0.25, 0.3) is 0 Å². The summed E-state index contributed by atoms with van der Waals surface area (Å²) in [6.07, 6.45) is 1.02. The van der Waals surface area contributed by atoms with Crippen LogP contribution >= 0.6 is 0 Å². The van der Waals surface area contributed by atoms with Gasteiger partial charge in [-0.25, -0.2) is 0 Å². The highest BCUT2D eigenvalue weighted by Crippen LogP contribution is 2.37. The molecule has 0 saturated carbocycles. The van der Waals surface area contributed by atoms with Crippen molar-refractivity contribution in [1.82, 2.24) is 0 Å². The van der Waals surface area contributed by atoms with Gasteiger partial charge < -0.3 is 9.47 Å². The van der Waals surface area contributed by atoms with Crippen LogP contribution in [-0.4, -0.2) is 18.7 Å². The third-order valence-corrected chi connectivity index (χ3v) is 4.40. The third-order valence-electron chi connectivity index (χ3n) is 4.40. The maximum Gasteiger partial charge on any atom is 0.307 e. The zero-order valence-corrected chi connectivity index (χ0v) is 13.4. The second-order valence-electron chi connectivity index (χ2n) is 6.42. The summed E-state index contributed by atoms with van der Waals surface area (Å²) in [7, 11) is 0. The lowest BCUT2D eigenvalue weighted by atomic mass is 9.74. The number of carbonyl (C=O) groups is 1. The number of ether oxygens (including phenoxy) is 2. The Bertz CT molecular complexity index is 638. The average Bonchev–Trinajstić information content (AvgIpc) is 2.56. The zero-order valence-electron chi connectivity index (χ0n) is 13.4. The van der Waals surface area contributed by atoms with Crippen molar-refractivity contribution < 1.29 is 14.3 Å². The van der Waals surface area contributed by atoms with Crippen molar-refractivity contribution in [1.29, 1.82) is 0 Å². The predicted molar refractivity (Wildman–Crippen MR) is 89.0 cm³/mol. The lowest BCUT2D eigenvalue weighted by Crippen LogP contribution is -2.41. The van der Waals surface area contributed by atoms with Crippen LogP contribution in [0.4, 0.5) is 0 Å². The van der Waals surface area contributed by atoms with Gasteiger partial charge in [-0.1, -0.05) is 67.6 Å². The normalized spacial score (nSPS) is 24.2. The quantitative estimate of drug-likeness (QED) is 0.787. The Balaban J connectivity index is 1.61. The Hall–Kier alpha value is -2.13. The molecule has 1 heterocycles. The summed E-state index contributed by atoms with van der Waals surface area (Å²) >= 11 is 0. The van der Waals surface area contributed by atoms with Gasteiger partial charge in [0.1, 0.15) is 6.10 Å². The molecule has 2 aromatic rings. The van der Waals surface area contributed by atoms with E-state index in [0.717, 1.165) is 12.0 Å². The van der Waals surface area contributed by atoms with Gasteiger partial charge in [0.2, 0.25) is 0 Å². The molecule has 0 N–H and O–H groups in total. The highest BCUT2D eigenvalue weighted by molar-refractivity contribution is 5.72. The van der Waals surface area contributed by atoms with E-state index in [1.807, 2.05) is 48.5 Å². The molecular weight excluding hydrogens is 288 g/mol. The van der Waals surface area contributed by atoms with Gasteiger partial charge >= 0.3 is 5.97 Å². The molecule has 1 fully saturated rings. The first kappa shape index (κ1) is 15.8. The van der Waals surface area contributed by atoms with E-state index in [1.54, 1.807) is 0 Å². The molecule has 1 aliphatic heterocycles. The van der Waals surface area contributed by atoms with Gasteiger partial charge in [-0.3, -0.25) is 4.79 Å². The van der Waals surface area contributed by atoms with E-state index in [9.17, 15) is 4.79 Å². The minimum absolute atomic E-state index is 0.143. The molecule has 1 saturated heterocycles. The van der Waals surface area contributed by atoms with E-state index < -0.39 is 0 Å². The van der Waals surface area contributed by atoms with Crippen LogP contribution in [0, 0.1) is 0 Å². The molecule has 1 aliphatic rings. The van der Waals surface area contributed by atoms with Crippen molar-refractivity contribution in [2.45, 2.75) is 37.9 Å². The van der Waals surface area contributed by atoms with Crippen LogP contribution in [0.1, 0.15) is 30.9 Å². The number of esters is 1. The standard InChI is InChI=1S/C20H22O3/c1-20(17-10-6-3-7-11-17)12-18(23-19(21)13-20)15-22-14-16-8-4-2-5-9-16/h2-11,18H,12-15H2,1H3/t18-,20-/m0/s1. The molecule has 0 spiro atoms. The number of carbonyl (C=O) groups excluding carboxylic acids is 1. The largest absolute Gasteiger partial charge is 0.460 e. The van der Waals surface area contributed by atoms with Crippen LogP contribution in [-0.2, 0) is 26.3 Å². The van der Waals surface area contributed by atoms with E-state index in [1.165, 1.54) is 5.56 Å². The molecule has 0 amide bonds. The SMILES string of the molecule is C[C@@]1(c2ccccc2)CC(=O)O[C@H](COCc2ccccc2)C1. The number of hydrogen-bond donors (Lipinski definition) is 0. The Morgan fingerprint density at radius 3 is 2.43 bits per heavy atom. The highest BCUT2D eigenvalue weighted by Gasteiger charge is 2.39. The molecule has 3 nitrogen and oxygen atoms in total. The van der Waals surface area contributed by atoms with Crippen molar-refractivity contribution in [3.05, 3.63) is 71.8 Å². The summed E-state index contributed by atoms with van der Waals surface area (Å²) in [6.45, 7) is 3.10. The smallest absolute Gasteiger partial charge is 0.307 e. The summed E-state index contributed by atoms with van der Waals surface area (Å²) in [5, 5.41) is 0. The van der Waals surface area contributed by atoms with E-state index in [2.05, 4.69) is 19.1 Å². The van der Waals surface area contributed by atoms with Crippen molar-refractivity contribution in [2.75, 3.05) is 6.61 Å². The van der Waals surface area contributed by atoms with E-state index in [0.29, 0.717) is 19.6 Å². The number of hydrogen-bond acceptors (Lipinski definition) is 3. The van der Waals surface area contributed by atoms with Gasteiger partial charge in [-0.2, -0.15) is 0 Å². The molecule has 2 aromatic carbocycles. The molecule has 3 rings (SSSR count). The molecule has 0 bridgehead atoms. The second kappa shape index (κ2) is 6.97. The minimum Gasteiger partial charge on any atom is -0.460 e. The van der Waals surface area contributed by atoms with Crippen molar-refractivity contribution in [3.8, 4) is 0 Å². The first-order valence-corrected chi connectivity index (χ1v) is 8.02. The Kier molecular flexibility index (Phi) is 4.77. The molecule has 23 heavy (non-hydrogen) atoms. The highest BCUT2D eigenvalue weighted by atomic mass is 16.6. The summed E-state index contributed by atoms with van der Waals surface area (Å²) < 4.78 is 11.2. The topological polar surface area (TPSA) is 35.5 Å². The number of cyclic esters (lactones) is 1. The van der Waals surface area contributed by atoms with Gasteiger partial charge in [-0.05, 0) is 17.5 Å². The van der Waals surface area contributed by atoms with Gasteiger partial charge in [-0.15, -0.1) is 0 Å². The summed E-state index contributed by atoms with van der Waals surface area (Å²) in [5.74, 6) is -0.143. The van der Waals surface area contributed by atoms with Crippen LogP contribution in [0.15, 0.2) is 60.7 Å². The molecule has 0 aliphatic carbocycles. The maximum atomic E-state index is 12.0. The summed E-state index contributed by atoms with van der Waals surface area (Å²) in [5.41, 5.74) is 2.13. The molecule has 120 valence electrons. The Labute approximate surface area is 137 Å². The molecule has 0 unspecified atom stereocenters. The summed E-state index contributed by atoms with van der Waals surface area (Å²) in [4.78, 5) is 12.0. The molecule has 0 aromatic heterocycles. The predicted octanol–water partition coefficient (Wildman–Crippen LogP) is 3.87. The third kappa shape index (κ3) is 3.99. The Morgan fingerprint density at radius 2 is 1.74 bits per heavy atom. The monoisotopic (exact) mass is 310 g/mol.